The van der Waals surface area contributed by atoms with Crippen molar-refractivity contribution in [3.05, 3.63) is 70.1 Å². The molecule has 1 aromatic carbocycles. The summed E-state index contributed by atoms with van der Waals surface area (Å²) < 4.78 is 14.2. The number of aliphatic hydroxyl groups excluding tert-OH is 1. The number of carboxylic acids is 2. The molecule has 1 fully saturated rings. The third-order valence-electron chi connectivity index (χ3n) is 7.90. The number of ether oxygens (including phenoxy) is 2. The Bertz CT molecular complexity index is 1890. The predicted octanol–water partition coefficient (Wildman–Crippen LogP) is 1.16. The maximum atomic E-state index is 12.7. The van der Waals surface area contributed by atoms with Crippen molar-refractivity contribution < 1.29 is 39.5 Å². The van der Waals surface area contributed by atoms with Crippen molar-refractivity contribution in [2.45, 2.75) is 49.5 Å². The number of imidazole rings is 1. The molecule has 1 aliphatic heterocycles. The molecule has 1 aliphatic rings. The van der Waals surface area contributed by atoms with Crippen molar-refractivity contribution in [2.24, 2.45) is 0 Å². The Hall–Kier alpha value is -4.85. The van der Waals surface area contributed by atoms with Gasteiger partial charge in [-0.3, -0.25) is 9.36 Å². The van der Waals surface area contributed by atoms with Gasteiger partial charge in [-0.05, 0) is 41.8 Å². The highest BCUT2D eigenvalue weighted by molar-refractivity contribution is 6.28. The maximum Gasteiger partial charge on any atom is 0.348 e. The van der Waals surface area contributed by atoms with E-state index in [1.165, 1.54) is 27.6 Å². The van der Waals surface area contributed by atoms with Gasteiger partial charge in [-0.2, -0.15) is 9.97 Å². The number of fused-ring (bicyclic) bond motifs is 1. The van der Waals surface area contributed by atoms with Gasteiger partial charge in [0, 0.05) is 31.8 Å². The monoisotopic (exact) mass is 652 g/mol. The Kier molecular flexibility index (Phi) is 8.85. The lowest BCUT2D eigenvalue weighted by Gasteiger charge is -2.30. The number of halogens is 1. The first kappa shape index (κ1) is 32.5. The van der Waals surface area contributed by atoms with Gasteiger partial charge in [-0.1, -0.05) is 30.2 Å². The number of carboxylic acid groups (broad SMARTS) is 2. The molecule has 0 amide bonds. The third kappa shape index (κ3) is 5.46. The number of nitrogens with zero attached hydrogens (tertiary/aromatic N) is 5. The molecule has 5 N–H and O–H groups in total. The van der Waals surface area contributed by atoms with Gasteiger partial charge < -0.3 is 39.8 Å². The molecule has 5 rings (SSSR count). The summed E-state index contributed by atoms with van der Waals surface area (Å²) in [4.78, 5) is 50.0. The van der Waals surface area contributed by atoms with E-state index >= 15 is 0 Å². The number of carbonyl (C=O) groups is 2. The second-order valence-corrected chi connectivity index (χ2v) is 10.8. The number of aliphatic hydroxyl groups is 2. The fourth-order valence-corrected chi connectivity index (χ4v) is 5.46. The molecule has 0 unspecified atom stereocenters. The highest BCUT2D eigenvalue weighted by atomic mass is 35.5. The molecular weight excluding hydrogens is 624 g/mol. The molecule has 1 saturated heterocycles. The Morgan fingerprint density at radius 2 is 1.91 bits per heavy atom. The molecular formula is C30H29ClN6O9. The van der Waals surface area contributed by atoms with Crippen LogP contribution < -0.4 is 10.9 Å². The van der Waals surface area contributed by atoms with E-state index in [2.05, 4.69) is 26.2 Å². The van der Waals surface area contributed by atoms with Crippen LogP contribution in [0.4, 0.5) is 5.82 Å². The Balaban J connectivity index is 1.42. The molecule has 0 spiro atoms. The third-order valence-corrected chi connectivity index (χ3v) is 8.07. The maximum absolute atomic E-state index is 12.7. The highest BCUT2D eigenvalue weighted by Gasteiger charge is 2.58. The minimum Gasteiger partial charge on any atom is -0.479 e. The molecule has 46 heavy (non-hydrogen) atoms. The van der Waals surface area contributed by atoms with E-state index in [9.17, 15) is 34.8 Å². The number of anilines is 1. The number of aliphatic carboxylic acids is 2. The van der Waals surface area contributed by atoms with Crippen molar-refractivity contribution in [3.8, 4) is 23.5 Å². The Labute approximate surface area is 266 Å². The van der Waals surface area contributed by atoms with Crippen LogP contribution in [0.3, 0.4) is 0 Å². The van der Waals surface area contributed by atoms with Gasteiger partial charge in [0.05, 0.1) is 12.9 Å². The zero-order valence-corrected chi connectivity index (χ0v) is 25.2. The summed E-state index contributed by atoms with van der Waals surface area (Å²) >= 11 is 6.04. The summed E-state index contributed by atoms with van der Waals surface area (Å²) in [6.07, 6.45) is 3.01. The minimum absolute atomic E-state index is 0.118. The zero-order valence-electron chi connectivity index (χ0n) is 24.5. The van der Waals surface area contributed by atoms with Crippen molar-refractivity contribution in [1.82, 2.24) is 24.1 Å². The quantitative estimate of drug-likeness (QED) is 0.0876. The summed E-state index contributed by atoms with van der Waals surface area (Å²) in [7, 11) is 1.58. The first-order valence-electron chi connectivity index (χ1n) is 13.9. The summed E-state index contributed by atoms with van der Waals surface area (Å²) in [5.41, 5.74) is -3.91. The van der Waals surface area contributed by atoms with Gasteiger partial charge in [-0.25, -0.2) is 14.6 Å². The smallest absolute Gasteiger partial charge is 0.348 e. The largest absolute Gasteiger partial charge is 0.479 e. The number of terminal acetylenes is 1. The van der Waals surface area contributed by atoms with Crippen LogP contribution in [0.1, 0.15) is 18.7 Å². The van der Waals surface area contributed by atoms with E-state index in [4.69, 9.17) is 27.5 Å². The molecule has 0 radical (unpaired) electrons. The molecule has 4 atom stereocenters. The average molecular weight is 653 g/mol. The molecule has 0 bridgehead atoms. The number of nitrogens with one attached hydrogen (secondary N) is 1. The van der Waals surface area contributed by atoms with Gasteiger partial charge in [0.25, 0.3) is 11.2 Å². The number of pyridine rings is 1. The van der Waals surface area contributed by atoms with Gasteiger partial charge >= 0.3 is 11.9 Å². The summed E-state index contributed by atoms with van der Waals surface area (Å²) in [6, 6.07) is 9.50. The van der Waals surface area contributed by atoms with E-state index in [0.29, 0.717) is 17.7 Å². The van der Waals surface area contributed by atoms with Crippen LogP contribution in [-0.2, 0) is 32.0 Å². The molecule has 0 aliphatic carbocycles. The predicted molar refractivity (Wildman–Crippen MR) is 163 cm³/mol. The lowest BCUT2D eigenvalue weighted by Crippen LogP contribution is -2.55. The van der Waals surface area contributed by atoms with E-state index in [1.807, 2.05) is 6.92 Å². The number of hydrogen-bond acceptors (Lipinski definition) is 11. The van der Waals surface area contributed by atoms with Gasteiger partial charge in [0.15, 0.2) is 28.8 Å². The van der Waals surface area contributed by atoms with Crippen LogP contribution in [0.5, 0.6) is 0 Å². The summed E-state index contributed by atoms with van der Waals surface area (Å²) in [5, 5.41) is 45.2. The van der Waals surface area contributed by atoms with E-state index < -0.39 is 54.6 Å². The summed E-state index contributed by atoms with van der Waals surface area (Å²) in [6.45, 7) is 1.45. The summed E-state index contributed by atoms with van der Waals surface area (Å²) in [5.74, 6) is -1.32. The number of rotatable bonds is 11. The molecule has 3 aromatic heterocycles. The van der Waals surface area contributed by atoms with E-state index in [1.54, 1.807) is 37.5 Å². The van der Waals surface area contributed by atoms with Gasteiger partial charge in [-0.15, -0.1) is 6.42 Å². The lowest BCUT2D eigenvalue weighted by molar-refractivity contribution is -0.191. The molecule has 15 nitrogen and oxygen atoms in total. The second kappa shape index (κ2) is 12.5. The van der Waals surface area contributed by atoms with Crippen LogP contribution in [0.2, 0.25) is 5.28 Å². The first-order chi connectivity index (χ1) is 21.9. The normalized spacial score (nSPS) is 21.3. The molecule has 240 valence electrons. The fourth-order valence-electron chi connectivity index (χ4n) is 5.30. The standard InChI is InChI=1S/C30H29ClN6O9/c1-4-29(44)19(46-25(21(29)38)37-15-33-20-22(32-3)34-28(31)35-23(20)37)14-45-30(26(40)41,27(42)43)13-16-8-10-17(11-9-16)18-7-6-12-36(5-2)24(18)39/h1,6-12,15,19,21,25,38,44H,5,13-14H2,2-3H3,(H,40,41)(H,42,43)(H,32,34,35)/t19-,21+,25-,29-/m1/s1. The number of benzene rings is 1. The SMILES string of the molecule is C#C[C@@]1(O)[C@@H](COC(Cc2ccc(-c3cccn(CC)c3=O)cc2)(C(=O)O)C(=O)O)O[C@@H](n2cnc3c(NC)nc(Cl)nc32)[C@@H]1O. The molecule has 16 heteroatoms. The Morgan fingerprint density at radius 1 is 1.22 bits per heavy atom. The zero-order chi connectivity index (χ0) is 33.4. The number of aromatic nitrogens is 5. The fraction of sp³-hybridized carbons (Fsp3) is 0.333. The average Bonchev–Trinajstić information content (AvgIpc) is 3.57. The van der Waals surface area contributed by atoms with Crippen LogP contribution in [-0.4, -0.2) is 93.5 Å². The number of aryl methyl sites for hydroxylation is 1. The molecule has 4 heterocycles. The van der Waals surface area contributed by atoms with E-state index in [0.717, 1.165) is 0 Å². The van der Waals surface area contributed by atoms with Crippen LogP contribution in [0.25, 0.3) is 22.3 Å². The molecule has 0 saturated carbocycles. The van der Waals surface area contributed by atoms with Crippen molar-refractivity contribution in [3.63, 3.8) is 0 Å². The topological polar surface area (TPSA) is 211 Å². The minimum atomic E-state index is -2.85. The van der Waals surface area contributed by atoms with Crippen molar-refractivity contribution in [2.75, 3.05) is 19.0 Å². The number of hydrogen-bond donors (Lipinski definition) is 5. The van der Waals surface area contributed by atoms with Crippen molar-refractivity contribution in [1.29, 1.82) is 0 Å². The molecule has 4 aromatic rings. The van der Waals surface area contributed by atoms with Crippen LogP contribution >= 0.6 is 11.6 Å². The lowest BCUT2D eigenvalue weighted by atomic mass is 9.91. The first-order valence-corrected chi connectivity index (χ1v) is 14.3. The van der Waals surface area contributed by atoms with Gasteiger partial charge in [0.1, 0.15) is 12.2 Å². The highest BCUT2D eigenvalue weighted by Crippen LogP contribution is 2.39. The van der Waals surface area contributed by atoms with E-state index in [-0.39, 0.29) is 33.4 Å². The van der Waals surface area contributed by atoms with Crippen LogP contribution in [0.15, 0.2) is 53.7 Å². The van der Waals surface area contributed by atoms with Crippen LogP contribution in [0, 0.1) is 12.3 Å². The Morgan fingerprint density at radius 3 is 2.52 bits per heavy atom. The second-order valence-electron chi connectivity index (χ2n) is 10.5. The van der Waals surface area contributed by atoms with Gasteiger partial charge in [0.2, 0.25) is 5.28 Å². The van der Waals surface area contributed by atoms with Crippen molar-refractivity contribution >= 4 is 40.5 Å².